The summed E-state index contributed by atoms with van der Waals surface area (Å²) in [4.78, 5) is 0. The molecule has 1 aromatic heterocycles. The van der Waals surface area contributed by atoms with Crippen LogP contribution in [0, 0.1) is 5.92 Å². The Balaban J connectivity index is 1.82. The molecule has 2 nitrogen and oxygen atoms in total. The second-order valence-electron chi connectivity index (χ2n) is 4.94. The highest BCUT2D eigenvalue weighted by Gasteiger charge is 2.29. The number of aryl methyl sites for hydroxylation is 1. The molecule has 16 heavy (non-hydrogen) atoms. The first-order valence-corrected chi connectivity index (χ1v) is 6.82. The molecule has 0 bridgehead atoms. The van der Waals surface area contributed by atoms with Gasteiger partial charge < -0.3 is 0 Å². The number of rotatable bonds is 6. The summed E-state index contributed by atoms with van der Waals surface area (Å²) in [6, 6.07) is 2.63. The topological polar surface area (TPSA) is 17.8 Å². The third-order valence-electron chi connectivity index (χ3n) is 3.52. The van der Waals surface area contributed by atoms with E-state index < -0.39 is 0 Å². The summed E-state index contributed by atoms with van der Waals surface area (Å²) < 4.78 is 2.07. The Kier molecular flexibility index (Phi) is 3.91. The number of hydrogen-bond acceptors (Lipinski definition) is 1. The van der Waals surface area contributed by atoms with E-state index in [2.05, 4.69) is 35.9 Å². The maximum absolute atomic E-state index is 6.29. The largest absolute Gasteiger partial charge is 0.270 e. The molecule has 1 fully saturated rings. The van der Waals surface area contributed by atoms with Crippen LogP contribution in [0.2, 0.25) is 0 Å². The van der Waals surface area contributed by atoms with Crippen LogP contribution in [-0.4, -0.2) is 15.2 Å². The van der Waals surface area contributed by atoms with E-state index in [4.69, 9.17) is 11.6 Å². The molecule has 0 radical (unpaired) electrons. The highest BCUT2D eigenvalue weighted by molar-refractivity contribution is 6.20. The molecule has 0 aromatic carbocycles. The van der Waals surface area contributed by atoms with Gasteiger partial charge in [0.15, 0.2) is 0 Å². The number of aromatic nitrogens is 2. The van der Waals surface area contributed by atoms with Crippen molar-refractivity contribution in [2.24, 2.45) is 5.92 Å². The van der Waals surface area contributed by atoms with Gasteiger partial charge in [0, 0.05) is 17.6 Å². The van der Waals surface area contributed by atoms with Crippen LogP contribution < -0.4 is 0 Å². The maximum Gasteiger partial charge on any atom is 0.0625 e. The second-order valence-corrected chi connectivity index (χ2v) is 5.50. The Labute approximate surface area is 103 Å². The molecule has 2 unspecified atom stereocenters. The molecule has 1 aliphatic carbocycles. The van der Waals surface area contributed by atoms with Gasteiger partial charge >= 0.3 is 0 Å². The van der Waals surface area contributed by atoms with E-state index in [0.717, 1.165) is 25.2 Å². The SMILES string of the molecule is CCC(C)n1ccc(CCC(Cl)C2CC2)n1. The summed E-state index contributed by atoms with van der Waals surface area (Å²) in [5, 5.41) is 4.96. The minimum atomic E-state index is 0.369. The van der Waals surface area contributed by atoms with Crippen molar-refractivity contribution < 1.29 is 0 Å². The van der Waals surface area contributed by atoms with E-state index in [1.807, 2.05) is 0 Å². The monoisotopic (exact) mass is 240 g/mol. The first kappa shape index (κ1) is 12.0. The highest BCUT2D eigenvalue weighted by Crippen LogP contribution is 2.37. The van der Waals surface area contributed by atoms with E-state index in [1.165, 1.54) is 18.5 Å². The molecule has 0 aliphatic heterocycles. The molecule has 3 heteroatoms. The fourth-order valence-corrected chi connectivity index (χ4v) is 2.28. The lowest BCUT2D eigenvalue weighted by Gasteiger charge is -2.08. The Morgan fingerprint density at radius 2 is 2.31 bits per heavy atom. The van der Waals surface area contributed by atoms with Crippen LogP contribution in [0.1, 0.15) is 51.3 Å². The second kappa shape index (κ2) is 5.22. The van der Waals surface area contributed by atoms with E-state index in [0.29, 0.717) is 11.4 Å². The zero-order chi connectivity index (χ0) is 11.5. The molecule has 0 N–H and O–H groups in total. The van der Waals surface area contributed by atoms with E-state index in [-0.39, 0.29) is 0 Å². The summed E-state index contributed by atoms with van der Waals surface area (Å²) in [7, 11) is 0. The normalized spacial score (nSPS) is 19.7. The van der Waals surface area contributed by atoms with Crippen LogP contribution in [0.4, 0.5) is 0 Å². The Bertz CT molecular complexity index is 330. The molecule has 2 rings (SSSR count). The fraction of sp³-hybridized carbons (Fsp3) is 0.769. The molecule has 1 aromatic rings. The molecule has 0 saturated heterocycles. The summed E-state index contributed by atoms with van der Waals surface area (Å²) in [6.07, 6.45) is 7.97. The third kappa shape index (κ3) is 3.00. The van der Waals surface area contributed by atoms with Crippen LogP contribution >= 0.6 is 11.6 Å². The van der Waals surface area contributed by atoms with Crippen molar-refractivity contribution in [1.29, 1.82) is 0 Å². The van der Waals surface area contributed by atoms with Crippen LogP contribution in [-0.2, 0) is 6.42 Å². The number of hydrogen-bond donors (Lipinski definition) is 0. The number of halogens is 1. The van der Waals surface area contributed by atoms with E-state index in [9.17, 15) is 0 Å². The van der Waals surface area contributed by atoms with Crippen molar-refractivity contribution in [2.75, 3.05) is 0 Å². The van der Waals surface area contributed by atoms with Gasteiger partial charge in [0.2, 0.25) is 0 Å². The molecule has 1 saturated carbocycles. The first-order chi connectivity index (χ1) is 7.70. The van der Waals surface area contributed by atoms with Gasteiger partial charge in [-0.25, -0.2) is 0 Å². The minimum absolute atomic E-state index is 0.369. The average Bonchev–Trinajstić information content (AvgIpc) is 3.04. The van der Waals surface area contributed by atoms with Gasteiger partial charge in [-0.05, 0) is 51.0 Å². The highest BCUT2D eigenvalue weighted by atomic mass is 35.5. The van der Waals surface area contributed by atoms with Crippen LogP contribution in [0.3, 0.4) is 0 Å². The van der Waals surface area contributed by atoms with Crippen LogP contribution in [0.5, 0.6) is 0 Å². The quantitative estimate of drug-likeness (QED) is 0.692. The summed E-state index contributed by atoms with van der Waals surface area (Å²) >= 11 is 6.29. The molecule has 90 valence electrons. The molecule has 2 atom stereocenters. The number of alkyl halides is 1. The van der Waals surface area contributed by atoms with Gasteiger partial charge in [-0.3, -0.25) is 4.68 Å². The van der Waals surface area contributed by atoms with Gasteiger partial charge in [-0.1, -0.05) is 6.92 Å². The van der Waals surface area contributed by atoms with Crippen molar-refractivity contribution in [2.45, 2.75) is 57.4 Å². The van der Waals surface area contributed by atoms with Crippen molar-refractivity contribution in [1.82, 2.24) is 9.78 Å². The van der Waals surface area contributed by atoms with Gasteiger partial charge in [-0.2, -0.15) is 5.10 Å². The van der Waals surface area contributed by atoms with E-state index in [1.54, 1.807) is 0 Å². The predicted octanol–water partition coefficient (Wildman–Crippen LogP) is 3.80. The average molecular weight is 241 g/mol. The Hall–Kier alpha value is -0.500. The fourth-order valence-electron chi connectivity index (χ4n) is 1.92. The first-order valence-electron chi connectivity index (χ1n) is 6.38. The third-order valence-corrected chi connectivity index (χ3v) is 4.09. The minimum Gasteiger partial charge on any atom is -0.270 e. The van der Waals surface area contributed by atoms with Gasteiger partial charge in [0.25, 0.3) is 0 Å². The zero-order valence-electron chi connectivity index (χ0n) is 10.2. The Morgan fingerprint density at radius 1 is 1.56 bits per heavy atom. The maximum atomic E-state index is 6.29. The molecule has 1 aliphatic rings. The van der Waals surface area contributed by atoms with Crippen molar-refractivity contribution in [3.8, 4) is 0 Å². The lowest BCUT2D eigenvalue weighted by molar-refractivity contribution is 0.472. The molecule has 0 spiro atoms. The van der Waals surface area contributed by atoms with E-state index >= 15 is 0 Å². The predicted molar refractivity (Wildman–Crippen MR) is 67.9 cm³/mol. The van der Waals surface area contributed by atoms with Gasteiger partial charge in [-0.15, -0.1) is 11.6 Å². The van der Waals surface area contributed by atoms with Crippen molar-refractivity contribution in [3.63, 3.8) is 0 Å². The lowest BCUT2D eigenvalue weighted by Crippen LogP contribution is -2.06. The van der Waals surface area contributed by atoms with Crippen LogP contribution in [0.15, 0.2) is 12.3 Å². The molecular weight excluding hydrogens is 220 g/mol. The molecule has 0 amide bonds. The lowest BCUT2D eigenvalue weighted by atomic mass is 10.1. The number of nitrogens with zero attached hydrogens (tertiary/aromatic N) is 2. The van der Waals surface area contributed by atoms with Crippen molar-refractivity contribution >= 4 is 11.6 Å². The Morgan fingerprint density at radius 3 is 2.94 bits per heavy atom. The van der Waals surface area contributed by atoms with Gasteiger partial charge in [0.1, 0.15) is 0 Å². The summed E-state index contributed by atoms with van der Waals surface area (Å²) in [6.45, 7) is 4.39. The molecular formula is C13H21ClN2. The van der Waals surface area contributed by atoms with Crippen LogP contribution in [0.25, 0.3) is 0 Å². The zero-order valence-corrected chi connectivity index (χ0v) is 11.0. The summed E-state index contributed by atoms with van der Waals surface area (Å²) in [5.74, 6) is 0.790. The standard InChI is InChI=1S/C13H21ClN2/c1-3-10(2)16-9-8-12(15-16)6-7-13(14)11-4-5-11/h8-11,13H,3-7H2,1-2H3. The smallest absolute Gasteiger partial charge is 0.0625 e. The molecule has 1 heterocycles. The summed E-state index contributed by atoms with van der Waals surface area (Å²) in [5.41, 5.74) is 1.19. The van der Waals surface area contributed by atoms with Crippen molar-refractivity contribution in [3.05, 3.63) is 18.0 Å². The van der Waals surface area contributed by atoms with Gasteiger partial charge in [0.05, 0.1) is 5.69 Å².